The van der Waals surface area contributed by atoms with Crippen LogP contribution in [0.1, 0.15) is 11.4 Å². The van der Waals surface area contributed by atoms with Gasteiger partial charge in [0.25, 0.3) is 0 Å². The average Bonchev–Trinajstić information content (AvgIpc) is 2.69. The molecule has 112 valence electrons. The molecule has 0 aliphatic rings. The molecule has 0 spiro atoms. The van der Waals surface area contributed by atoms with Crippen molar-refractivity contribution in [2.24, 2.45) is 0 Å². The molecule has 0 saturated heterocycles. The monoisotopic (exact) mass is 303 g/mol. The number of nitrogens with one attached hydrogen (secondary N) is 1. The second kappa shape index (κ2) is 5.73. The van der Waals surface area contributed by atoms with Crippen LogP contribution in [-0.4, -0.2) is 24.1 Å². The first-order valence-corrected chi connectivity index (χ1v) is 10.3. The number of benzene rings is 1. The predicted octanol–water partition coefficient (Wildman–Crippen LogP) is 3.79. The largest absolute Gasteiger partial charge is 0.543 e. The summed E-state index contributed by atoms with van der Waals surface area (Å²) in [6.07, 6.45) is 0. The van der Waals surface area contributed by atoms with Crippen molar-refractivity contribution in [3.63, 3.8) is 0 Å². The van der Waals surface area contributed by atoms with Gasteiger partial charge >= 0.3 is 6.03 Å². The topological polar surface area (TPSA) is 56.2 Å². The molecule has 2 aromatic rings. The van der Waals surface area contributed by atoms with Gasteiger partial charge in [-0.15, -0.1) is 0 Å². The lowest BCUT2D eigenvalue weighted by Gasteiger charge is -2.21. The number of rotatable bonds is 3. The van der Waals surface area contributed by atoms with Gasteiger partial charge in [0.15, 0.2) is 0 Å². The van der Waals surface area contributed by atoms with Crippen LogP contribution in [0.3, 0.4) is 0 Å². The number of aromatic nitrogens is 2. The molecular weight excluding hydrogens is 282 g/mol. The molecule has 2 rings (SSSR count). The summed E-state index contributed by atoms with van der Waals surface area (Å²) in [5.74, 6) is 0.701. The Hall–Kier alpha value is -2.08. The van der Waals surface area contributed by atoms with Gasteiger partial charge < -0.3 is 9.74 Å². The number of hydrogen-bond acceptors (Lipinski definition) is 3. The van der Waals surface area contributed by atoms with E-state index in [-0.39, 0.29) is 6.03 Å². The van der Waals surface area contributed by atoms with E-state index in [4.69, 9.17) is 4.43 Å². The third-order valence-electron chi connectivity index (χ3n) is 2.75. The van der Waals surface area contributed by atoms with Gasteiger partial charge in [-0.2, -0.15) is 9.78 Å². The van der Waals surface area contributed by atoms with Crippen molar-refractivity contribution in [2.75, 3.05) is 5.32 Å². The van der Waals surface area contributed by atoms with E-state index in [0.29, 0.717) is 11.4 Å². The summed E-state index contributed by atoms with van der Waals surface area (Å²) in [7, 11) is -1.74. The maximum atomic E-state index is 12.3. The number of amides is 1. The van der Waals surface area contributed by atoms with E-state index >= 15 is 0 Å². The second-order valence-electron chi connectivity index (χ2n) is 5.98. The fraction of sp³-hybridized carbons (Fsp3) is 0.333. The van der Waals surface area contributed by atoms with Gasteiger partial charge in [-0.05, 0) is 51.7 Å². The zero-order chi connectivity index (χ0) is 15.6. The van der Waals surface area contributed by atoms with Gasteiger partial charge in [-0.25, -0.2) is 4.79 Å². The van der Waals surface area contributed by atoms with Crippen LogP contribution in [0.25, 0.3) is 0 Å². The van der Waals surface area contributed by atoms with Crippen molar-refractivity contribution >= 4 is 20.0 Å². The zero-order valence-electron chi connectivity index (χ0n) is 13.1. The van der Waals surface area contributed by atoms with Crippen LogP contribution in [-0.2, 0) is 0 Å². The number of carbonyl (C=O) groups excluding carboxylic acids is 1. The standard InChI is InChI=1S/C15H21N3O2Si/c1-11-10-12(2)18(17-11)15(19)16-13-8-6-7-9-14(13)20-21(3,4)5/h6-10H,1-5H3,(H,16,19). The Labute approximate surface area is 126 Å². The first-order valence-electron chi connectivity index (χ1n) is 6.89. The summed E-state index contributed by atoms with van der Waals surface area (Å²) in [5.41, 5.74) is 2.28. The van der Waals surface area contributed by atoms with Crippen molar-refractivity contribution in [1.29, 1.82) is 0 Å². The highest BCUT2D eigenvalue weighted by atomic mass is 28.4. The van der Waals surface area contributed by atoms with Crippen LogP contribution >= 0.6 is 0 Å². The molecule has 0 bridgehead atoms. The quantitative estimate of drug-likeness (QED) is 0.878. The lowest BCUT2D eigenvalue weighted by molar-refractivity contribution is 0.250. The summed E-state index contributed by atoms with van der Waals surface area (Å²) < 4.78 is 7.36. The van der Waals surface area contributed by atoms with Gasteiger partial charge in [0.2, 0.25) is 8.32 Å². The van der Waals surface area contributed by atoms with E-state index in [2.05, 4.69) is 30.1 Å². The molecule has 1 heterocycles. The van der Waals surface area contributed by atoms with Crippen molar-refractivity contribution in [2.45, 2.75) is 33.5 Å². The van der Waals surface area contributed by atoms with E-state index in [0.717, 1.165) is 11.4 Å². The number of nitrogens with zero attached hydrogens (tertiary/aromatic N) is 2. The van der Waals surface area contributed by atoms with Crippen molar-refractivity contribution in [1.82, 2.24) is 9.78 Å². The lowest BCUT2D eigenvalue weighted by atomic mass is 10.3. The van der Waals surface area contributed by atoms with Crippen LogP contribution in [0.2, 0.25) is 19.6 Å². The Morgan fingerprint density at radius 1 is 1.24 bits per heavy atom. The fourth-order valence-corrected chi connectivity index (χ4v) is 2.83. The molecule has 0 saturated carbocycles. The maximum Gasteiger partial charge on any atom is 0.346 e. The molecule has 1 aromatic carbocycles. The first kappa shape index (κ1) is 15.3. The highest BCUT2D eigenvalue weighted by Gasteiger charge is 2.19. The van der Waals surface area contributed by atoms with Crippen LogP contribution in [0.15, 0.2) is 30.3 Å². The maximum absolute atomic E-state index is 12.3. The van der Waals surface area contributed by atoms with Gasteiger partial charge in [-0.3, -0.25) is 0 Å². The third kappa shape index (κ3) is 3.95. The zero-order valence-corrected chi connectivity index (χ0v) is 14.1. The summed E-state index contributed by atoms with van der Waals surface area (Å²) in [4.78, 5) is 12.3. The Kier molecular flexibility index (Phi) is 4.18. The highest BCUT2D eigenvalue weighted by molar-refractivity contribution is 6.70. The van der Waals surface area contributed by atoms with Gasteiger partial charge in [0.1, 0.15) is 5.75 Å². The van der Waals surface area contributed by atoms with Crippen LogP contribution in [0, 0.1) is 13.8 Å². The molecule has 6 heteroatoms. The van der Waals surface area contributed by atoms with Crippen molar-refractivity contribution in [3.05, 3.63) is 41.7 Å². The number of para-hydroxylation sites is 2. The first-order chi connectivity index (χ1) is 9.76. The lowest BCUT2D eigenvalue weighted by Crippen LogP contribution is -2.30. The van der Waals surface area contributed by atoms with Gasteiger partial charge in [0.05, 0.1) is 11.4 Å². The molecule has 0 aliphatic carbocycles. The summed E-state index contributed by atoms with van der Waals surface area (Å²) in [5, 5.41) is 7.05. The van der Waals surface area contributed by atoms with E-state index in [1.54, 1.807) is 0 Å². The molecule has 0 unspecified atom stereocenters. The molecule has 1 amide bonds. The number of anilines is 1. The minimum absolute atomic E-state index is 0.285. The van der Waals surface area contributed by atoms with E-state index < -0.39 is 8.32 Å². The highest BCUT2D eigenvalue weighted by Crippen LogP contribution is 2.26. The molecule has 0 radical (unpaired) electrons. The van der Waals surface area contributed by atoms with Crippen LogP contribution < -0.4 is 9.74 Å². The number of carbonyl (C=O) groups is 1. The summed E-state index contributed by atoms with van der Waals surface area (Å²) >= 11 is 0. The summed E-state index contributed by atoms with van der Waals surface area (Å²) in [6.45, 7) is 10.0. The molecule has 21 heavy (non-hydrogen) atoms. The Morgan fingerprint density at radius 3 is 2.48 bits per heavy atom. The second-order valence-corrected chi connectivity index (χ2v) is 10.4. The van der Waals surface area contributed by atoms with Crippen LogP contribution in [0.5, 0.6) is 5.75 Å². The van der Waals surface area contributed by atoms with Crippen molar-refractivity contribution < 1.29 is 9.22 Å². The molecule has 0 fully saturated rings. The van der Waals surface area contributed by atoms with Gasteiger partial charge in [-0.1, -0.05) is 12.1 Å². The molecule has 0 aliphatic heterocycles. The fourth-order valence-electron chi connectivity index (χ4n) is 1.99. The molecular formula is C15H21N3O2Si. The Bertz CT molecular complexity index is 659. The Balaban J connectivity index is 2.24. The third-order valence-corrected chi connectivity index (χ3v) is 3.58. The van der Waals surface area contributed by atoms with E-state index in [1.165, 1.54) is 4.68 Å². The van der Waals surface area contributed by atoms with E-state index in [1.807, 2.05) is 44.2 Å². The smallest absolute Gasteiger partial charge is 0.346 e. The van der Waals surface area contributed by atoms with E-state index in [9.17, 15) is 4.79 Å². The van der Waals surface area contributed by atoms with Crippen LogP contribution in [0.4, 0.5) is 10.5 Å². The molecule has 0 atom stereocenters. The predicted molar refractivity (Wildman–Crippen MR) is 86.5 cm³/mol. The minimum Gasteiger partial charge on any atom is -0.543 e. The number of aryl methyl sites for hydroxylation is 2. The SMILES string of the molecule is Cc1cc(C)n(C(=O)Nc2ccccc2O[Si](C)(C)C)n1. The molecule has 1 aromatic heterocycles. The van der Waals surface area contributed by atoms with Gasteiger partial charge in [0, 0.05) is 5.69 Å². The Morgan fingerprint density at radius 2 is 1.90 bits per heavy atom. The number of hydrogen-bond donors (Lipinski definition) is 1. The van der Waals surface area contributed by atoms with Crippen molar-refractivity contribution in [3.8, 4) is 5.75 Å². The molecule has 1 N–H and O–H groups in total. The minimum atomic E-state index is -1.74. The molecule has 5 nitrogen and oxygen atoms in total. The normalized spacial score (nSPS) is 11.3. The summed E-state index contributed by atoms with van der Waals surface area (Å²) in [6, 6.07) is 9.05. The average molecular weight is 303 g/mol.